The second-order valence-corrected chi connectivity index (χ2v) is 8.95. The predicted octanol–water partition coefficient (Wildman–Crippen LogP) is 5.02. The molecule has 0 unspecified atom stereocenters. The van der Waals surface area contributed by atoms with Gasteiger partial charge in [0, 0.05) is 17.6 Å². The predicted molar refractivity (Wildman–Crippen MR) is 99.2 cm³/mol. The van der Waals surface area contributed by atoms with Gasteiger partial charge in [-0.15, -0.1) is 0 Å². The molecule has 0 saturated heterocycles. The van der Waals surface area contributed by atoms with E-state index in [9.17, 15) is 0 Å². The number of aryl methyl sites for hydroxylation is 2. The highest BCUT2D eigenvalue weighted by Crippen LogP contribution is 2.55. The maximum Gasteiger partial charge on any atom is 0.141 e. The molecule has 2 aromatic rings. The van der Waals surface area contributed by atoms with Crippen LogP contribution in [-0.4, -0.2) is 10.7 Å². The lowest BCUT2D eigenvalue weighted by Crippen LogP contribution is -2.58. The summed E-state index contributed by atoms with van der Waals surface area (Å²) in [5.74, 6) is 3.90. The number of nitrogens with zero attached hydrogens (tertiary/aromatic N) is 1. The van der Waals surface area contributed by atoms with Crippen molar-refractivity contribution in [2.75, 3.05) is 0 Å². The molecule has 25 heavy (non-hydrogen) atoms. The highest BCUT2D eigenvalue weighted by molar-refractivity contribution is 5.67. The van der Waals surface area contributed by atoms with Gasteiger partial charge in [0.25, 0.3) is 0 Å². The molecule has 1 aromatic heterocycles. The summed E-state index contributed by atoms with van der Waals surface area (Å²) < 4.78 is 5.30. The van der Waals surface area contributed by atoms with Crippen molar-refractivity contribution in [2.45, 2.75) is 64.5 Å². The average Bonchev–Trinajstić information content (AvgIpc) is 2.91. The fraction of sp³-hybridized carbons (Fsp3) is 0.591. The zero-order chi connectivity index (χ0) is 17.0. The van der Waals surface area contributed by atoms with Gasteiger partial charge in [0.2, 0.25) is 0 Å². The van der Waals surface area contributed by atoms with Crippen LogP contribution in [0.3, 0.4) is 0 Å². The fourth-order valence-corrected chi connectivity index (χ4v) is 6.30. The first kappa shape index (κ1) is 15.6. The summed E-state index contributed by atoms with van der Waals surface area (Å²) in [7, 11) is 0. The Balaban J connectivity index is 1.29. The van der Waals surface area contributed by atoms with Crippen molar-refractivity contribution >= 4 is 0 Å². The van der Waals surface area contributed by atoms with Crippen LogP contribution in [0, 0.1) is 31.6 Å². The minimum Gasteiger partial charge on any atom is -0.361 e. The molecule has 1 aromatic carbocycles. The van der Waals surface area contributed by atoms with Gasteiger partial charge in [-0.2, -0.15) is 0 Å². The summed E-state index contributed by atoms with van der Waals surface area (Å²) in [5.41, 5.74) is 5.13. The molecule has 3 heteroatoms. The summed E-state index contributed by atoms with van der Waals surface area (Å²) >= 11 is 0. The van der Waals surface area contributed by atoms with Crippen LogP contribution < -0.4 is 5.32 Å². The van der Waals surface area contributed by atoms with Crippen molar-refractivity contribution in [3.05, 3.63) is 41.3 Å². The van der Waals surface area contributed by atoms with Gasteiger partial charge in [-0.05, 0) is 81.3 Å². The van der Waals surface area contributed by atoms with Crippen molar-refractivity contribution in [2.24, 2.45) is 17.8 Å². The lowest BCUT2D eigenvalue weighted by Gasteiger charge is -2.57. The van der Waals surface area contributed by atoms with Crippen LogP contribution >= 0.6 is 0 Å². The van der Waals surface area contributed by atoms with E-state index >= 15 is 0 Å². The van der Waals surface area contributed by atoms with Gasteiger partial charge in [-0.25, -0.2) is 0 Å². The van der Waals surface area contributed by atoms with Crippen molar-refractivity contribution in [1.29, 1.82) is 0 Å². The van der Waals surface area contributed by atoms with E-state index in [0.29, 0.717) is 5.54 Å². The van der Waals surface area contributed by atoms with E-state index in [1.807, 2.05) is 13.8 Å². The highest BCUT2D eigenvalue weighted by atomic mass is 16.5. The van der Waals surface area contributed by atoms with E-state index in [4.69, 9.17) is 4.52 Å². The molecule has 0 amide bonds. The van der Waals surface area contributed by atoms with E-state index in [1.54, 1.807) is 0 Å². The third-order valence-electron chi connectivity index (χ3n) is 6.98. The second kappa shape index (κ2) is 5.70. The van der Waals surface area contributed by atoms with Gasteiger partial charge in [0.1, 0.15) is 5.76 Å². The summed E-state index contributed by atoms with van der Waals surface area (Å²) in [6.07, 6.45) is 8.76. The van der Waals surface area contributed by atoms with Crippen molar-refractivity contribution in [3.8, 4) is 11.1 Å². The van der Waals surface area contributed by atoms with Crippen LogP contribution in [0.5, 0.6) is 0 Å². The zero-order valence-electron chi connectivity index (χ0n) is 15.3. The normalized spacial score (nSPS) is 33.1. The molecule has 4 saturated carbocycles. The third-order valence-corrected chi connectivity index (χ3v) is 6.98. The Kier molecular flexibility index (Phi) is 3.56. The van der Waals surface area contributed by atoms with E-state index < -0.39 is 0 Å². The number of benzene rings is 1. The standard InChI is InChI=1S/C22H28N2O/c1-14-21(15(2)25-24-14)20-5-3-16(4-6-20)13-23-22-10-17-7-18(11-22)9-19(8-17)12-22/h3-6,17-19,23H,7-13H2,1-2H3. The maximum absolute atomic E-state index is 5.30. The van der Waals surface area contributed by atoms with E-state index in [-0.39, 0.29) is 0 Å². The van der Waals surface area contributed by atoms with E-state index in [1.165, 1.54) is 49.7 Å². The topological polar surface area (TPSA) is 38.1 Å². The van der Waals surface area contributed by atoms with Crippen LogP contribution in [0.15, 0.2) is 28.8 Å². The highest BCUT2D eigenvalue weighted by Gasteiger charge is 2.50. The fourth-order valence-electron chi connectivity index (χ4n) is 6.30. The third kappa shape index (κ3) is 2.73. The Hall–Kier alpha value is -1.61. The molecule has 1 heterocycles. The maximum atomic E-state index is 5.30. The smallest absolute Gasteiger partial charge is 0.141 e. The molecule has 0 radical (unpaired) electrons. The Morgan fingerprint density at radius 2 is 1.60 bits per heavy atom. The molecule has 0 aliphatic heterocycles. The van der Waals surface area contributed by atoms with Crippen molar-refractivity contribution < 1.29 is 4.52 Å². The van der Waals surface area contributed by atoms with Crippen LogP contribution in [-0.2, 0) is 6.54 Å². The molecule has 3 nitrogen and oxygen atoms in total. The quantitative estimate of drug-likeness (QED) is 0.852. The van der Waals surface area contributed by atoms with Crippen LogP contribution in [0.2, 0.25) is 0 Å². The first-order valence-corrected chi connectivity index (χ1v) is 9.87. The molecule has 4 fully saturated rings. The number of hydrogen-bond donors (Lipinski definition) is 1. The van der Waals surface area contributed by atoms with Gasteiger partial charge in [-0.1, -0.05) is 29.4 Å². The summed E-state index contributed by atoms with van der Waals surface area (Å²) in [6.45, 7) is 4.99. The van der Waals surface area contributed by atoms with E-state index in [0.717, 1.165) is 41.3 Å². The molecule has 6 rings (SSSR count). The molecule has 1 N–H and O–H groups in total. The molecule has 4 aliphatic rings. The molecule has 4 aliphatic carbocycles. The zero-order valence-corrected chi connectivity index (χ0v) is 15.3. The van der Waals surface area contributed by atoms with Crippen molar-refractivity contribution in [3.63, 3.8) is 0 Å². The van der Waals surface area contributed by atoms with Gasteiger partial charge in [0.15, 0.2) is 0 Å². The van der Waals surface area contributed by atoms with Crippen molar-refractivity contribution in [1.82, 2.24) is 10.5 Å². The first-order valence-electron chi connectivity index (χ1n) is 9.87. The number of hydrogen-bond acceptors (Lipinski definition) is 3. The largest absolute Gasteiger partial charge is 0.361 e. The average molecular weight is 336 g/mol. The summed E-state index contributed by atoms with van der Waals surface area (Å²) in [6, 6.07) is 8.94. The lowest BCUT2D eigenvalue weighted by atomic mass is 9.53. The molecule has 4 bridgehead atoms. The molecular formula is C22H28N2O. The minimum absolute atomic E-state index is 0.440. The Morgan fingerprint density at radius 1 is 1.00 bits per heavy atom. The lowest BCUT2D eigenvalue weighted by molar-refractivity contribution is -0.0206. The van der Waals surface area contributed by atoms with Crippen LogP contribution in [0.4, 0.5) is 0 Å². The van der Waals surface area contributed by atoms with Gasteiger partial charge in [0.05, 0.1) is 5.69 Å². The van der Waals surface area contributed by atoms with Gasteiger partial charge >= 0.3 is 0 Å². The van der Waals surface area contributed by atoms with Crippen LogP contribution in [0.1, 0.15) is 55.5 Å². The first-order chi connectivity index (χ1) is 12.1. The Morgan fingerprint density at radius 3 is 2.12 bits per heavy atom. The SMILES string of the molecule is Cc1noc(C)c1-c1ccc(CNC23CC4CC(CC(C4)C2)C3)cc1. The molecular weight excluding hydrogens is 308 g/mol. The number of nitrogens with one attached hydrogen (secondary N) is 1. The van der Waals surface area contributed by atoms with Crippen LogP contribution in [0.25, 0.3) is 11.1 Å². The summed E-state index contributed by atoms with van der Waals surface area (Å²) in [4.78, 5) is 0. The Bertz CT molecular complexity index is 719. The van der Waals surface area contributed by atoms with Gasteiger partial charge < -0.3 is 9.84 Å². The Labute approximate surface area is 150 Å². The minimum atomic E-state index is 0.440. The second-order valence-electron chi connectivity index (χ2n) is 8.95. The molecule has 0 atom stereocenters. The number of aromatic nitrogens is 1. The van der Waals surface area contributed by atoms with E-state index in [2.05, 4.69) is 34.7 Å². The monoisotopic (exact) mass is 336 g/mol. The molecule has 132 valence electrons. The summed E-state index contributed by atoms with van der Waals surface area (Å²) in [5, 5.41) is 8.06. The number of rotatable bonds is 4. The molecule has 0 spiro atoms. The van der Waals surface area contributed by atoms with Gasteiger partial charge in [-0.3, -0.25) is 0 Å².